The summed E-state index contributed by atoms with van der Waals surface area (Å²) in [6.45, 7) is -0.729. The molecule has 0 atom stereocenters. The smallest absolute Gasteiger partial charge is 0.100 e. The maximum atomic E-state index is 8.17. The zero-order chi connectivity index (χ0) is 17.7. The highest BCUT2D eigenvalue weighted by atomic mass is 16.3. The van der Waals surface area contributed by atoms with Crippen molar-refractivity contribution in [3.8, 4) is 0 Å². The Morgan fingerprint density at radius 1 is 0.600 bits per heavy atom. The largest absolute Gasteiger partial charge is 0.394 e. The van der Waals surface area contributed by atoms with E-state index in [-0.39, 0.29) is 18.6 Å². The highest BCUT2D eigenvalue weighted by Gasteiger charge is 2.52. The Hall–Kier alpha value is -2.46. The van der Waals surface area contributed by atoms with Crippen LogP contribution in [-0.2, 0) is 5.41 Å². The van der Waals surface area contributed by atoms with Crippen LogP contribution in [0, 0.1) is 0 Å². The number of hydrogen-bond donors (Lipinski definition) is 3. The van der Waals surface area contributed by atoms with Gasteiger partial charge in [-0.15, -0.1) is 0 Å². The van der Waals surface area contributed by atoms with Gasteiger partial charge < -0.3 is 15.3 Å². The Bertz CT molecular complexity index is 731. The van der Waals surface area contributed by atoms with Gasteiger partial charge in [-0.1, -0.05) is 84.9 Å². The van der Waals surface area contributed by atoms with E-state index >= 15 is 0 Å². The molecule has 0 aliphatic heterocycles. The fraction of sp³-hybridized carbons (Fsp3) is 0.182. The third-order valence-electron chi connectivity index (χ3n) is 4.51. The molecule has 1 aliphatic rings. The SMILES string of the molecule is OCC(O)CO.c1ccc(C2(c3ccccc3)c3ccccc32)cc1. The molecule has 0 spiro atoms. The van der Waals surface area contributed by atoms with Crippen LogP contribution < -0.4 is 0 Å². The number of fused-ring (bicyclic) bond motifs is 1. The third-order valence-corrected chi connectivity index (χ3v) is 4.51. The van der Waals surface area contributed by atoms with Crippen LogP contribution in [0.3, 0.4) is 0 Å². The van der Waals surface area contributed by atoms with Crippen molar-refractivity contribution in [1.29, 1.82) is 0 Å². The van der Waals surface area contributed by atoms with Gasteiger partial charge in [0, 0.05) is 0 Å². The first-order chi connectivity index (χ1) is 12.2. The number of aliphatic hydroxyl groups excluding tert-OH is 3. The predicted molar refractivity (Wildman–Crippen MR) is 98.5 cm³/mol. The van der Waals surface area contributed by atoms with E-state index in [1.54, 1.807) is 0 Å². The molecule has 3 aromatic rings. The average Bonchev–Trinajstić information content (AvgIpc) is 3.39. The summed E-state index contributed by atoms with van der Waals surface area (Å²) >= 11 is 0. The number of benzene rings is 3. The van der Waals surface area contributed by atoms with E-state index in [2.05, 4.69) is 84.9 Å². The summed E-state index contributed by atoms with van der Waals surface area (Å²) in [5, 5.41) is 24.0. The molecule has 3 nitrogen and oxygen atoms in total. The summed E-state index contributed by atoms with van der Waals surface area (Å²) in [4.78, 5) is 0. The van der Waals surface area contributed by atoms with E-state index in [4.69, 9.17) is 15.3 Å². The molecule has 0 aromatic heterocycles. The molecule has 1 aliphatic carbocycles. The number of aliphatic hydroxyl groups is 3. The summed E-state index contributed by atoms with van der Waals surface area (Å²) < 4.78 is 0. The van der Waals surface area contributed by atoms with Crippen molar-refractivity contribution in [3.05, 3.63) is 107 Å². The molecule has 4 rings (SSSR count). The summed E-state index contributed by atoms with van der Waals surface area (Å²) in [5.41, 5.74) is 5.59. The summed E-state index contributed by atoms with van der Waals surface area (Å²) in [6.07, 6.45) is -0.954. The van der Waals surface area contributed by atoms with Crippen LogP contribution in [0.1, 0.15) is 22.3 Å². The van der Waals surface area contributed by atoms with Crippen LogP contribution in [0.15, 0.2) is 84.9 Å². The Morgan fingerprint density at radius 3 is 1.28 bits per heavy atom. The van der Waals surface area contributed by atoms with E-state index in [1.165, 1.54) is 22.3 Å². The molecule has 0 amide bonds. The average molecular weight is 334 g/mol. The lowest BCUT2D eigenvalue weighted by Gasteiger charge is -2.17. The lowest BCUT2D eigenvalue weighted by atomic mass is 9.84. The van der Waals surface area contributed by atoms with E-state index in [9.17, 15) is 0 Å². The van der Waals surface area contributed by atoms with Gasteiger partial charge in [0.05, 0.1) is 18.6 Å². The standard InChI is InChI=1S/C19H14.C3H8O3/c1-3-9-15(10-4-1)19(16-11-5-2-6-12-16)17-13-7-8-14-18(17)19;4-1-3(6)2-5/h1-14H;3-6H,1-2H2. The van der Waals surface area contributed by atoms with Crippen molar-refractivity contribution in [2.24, 2.45) is 0 Å². The third kappa shape index (κ3) is 3.22. The van der Waals surface area contributed by atoms with Crippen LogP contribution in [0.5, 0.6) is 0 Å². The molecule has 128 valence electrons. The van der Waals surface area contributed by atoms with Crippen molar-refractivity contribution >= 4 is 0 Å². The fourth-order valence-corrected chi connectivity index (χ4v) is 3.28. The van der Waals surface area contributed by atoms with Crippen LogP contribution in [0.2, 0.25) is 0 Å². The quantitative estimate of drug-likeness (QED) is 0.538. The van der Waals surface area contributed by atoms with E-state index in [0.29, 0.717) is 0 Å². The van der Waals surface area contributed by atoms with Gasteiger partial charge in [-0.3, -0.25) is 0 Å². The van der Waals surface area contributed by atoms with Gasteiger partial charge in [0.1, 0.15) is 6.10 Å². The van der Waals surface area contributed by atoms with E-state index in [1.807, 2.05) is 0 Å². The first kappa shape index (κ1) is 17.4. The molecular formula is C22H22O3. The fourth-order valence-electron chi connectivity index (χ4n) is 3.28. The molecule has 0 fully saturated rings. The summed E-state index contributed by atoms with van der Waals surface area (Å²) in [5.74, 6) is 0. The van der Waals surface area contributed by atoms with Crippen LogP contribution in [0.25, 0.3) is 0 Å². The molecule has 0 saturated heterocycles. The second kappa shape index (κ2) is 7.62. The molecule has 0 radical (unpaired) electrons. The first-order valence-corrected chi connectivity index (χ1v) is 8.36. The van der Waals surface area contributed by atoms with Crippen molar-refractivity contribution in [2.45, 2.75) is 11.5 Å². The molecule has 0 unspecified atom stereocenters. The minimum atomic E-state index is -0.954. The van der Waals surface area contributed by atoms with E-state index in [0.717, 1.165) is 0 Å². The number of rotatable bonds is 4. The topological polar surface area (TPSA) is 60.7 Å². The van der Waals surface area contributed by atoms with E-state index < -0.39 is 6.10 Å². The van der Waals surface area contributed by atoms with Gasteiger partial charge in [0.15, 0.2) is 0 Å². The molecule has 0 heterocycles. The van der Waals surface area contributed by atoms with Crippen molar-refractivity contribution in [3.63, 3.8) is 0 Å². The zero-order valence-electron chi connectivity index (χ0n) is 13.9. The Morgan fingerprint density at radius 2 is 0.960 bits per heavy atom. The molecule has 0 saturated carbocycles. The Labute approximate surface area is 147 Å². The molecule has 3 heteroatoms. The maximum absolute atomic E-state index is 8.17. The van der Waals surface area contributed by atoms with Gasteiger partial charge in [0.2, 0.25) is 0 Å². The minimum Gasteiger partial charge on any atom is -0.394 e. The molecule has 0 bridgehead atoms. The Balaban J connectivity index is 0.000000265. The predicted octanol–water partition coefficient (Wildman–Crippen LogP) is 2.71. The van der Waals surface area contributed by atoms with Gasteiger partial charge in [-0.25, -0.2) is 0 Å². The Kier molecular flexibility index (Phi) is 5.29. The normalized spacial score (nSPS) is 13.6. The van der Waals surface area contributed by atoms with Gasteiger partial charge in [0.25, 0.3) is 0 Å². The molecular weight excluding hydrogens is 312 g/mol. The van der Waals surface area contributed by atoms with Gasteiger partial charge >= 0.3 is 0 Å². The maximum Gasteiger partial charge on any atom is 0.100 e. The first-order valence-electron chi connectivity index (χ1n) is 8.36. The summed E-state index contributed by atoms with van der Waals surface area (Å²) in [7, 11) is 0. The van der Waals surface area contributed by atoms with Crippen LogP contribution in [0.4, 0.5) is 0 Å². The van der Waals surface area contributed by atoms with Crippen LogP contribution >= 0.6 is 0 Å². The van der Waals surface area contributed by atoms with Crippen molar-refractivity contribution in [2.75, 3.05) is 13.2 Å². The molecule has 25 heavy (non-hydrogen) atoms. The summed E-state index contributed by atoms with van der Waals surface area (Å²) in [6, 6.07) is 30.3. The minimum absolute atomic E-state index is 0.00792. The lowest BCUT2D eigenvalue weighted by Crippen LogP contribution is -2.15. The van der Waals surface area contributed by atoms with Gasteiger partial charge in [-0.05, 0) is 22.3 Å². The molecule has 3 aromatic carbocycles. The monoisotopic (exact) mass is 334 g/mol. The lowest BCUT2D eigenvalue weighted by molar-refractivity contribution is 0.0450. The highest BCUT2D eigenvalue weighted by Crippen LogP contribution is 2.58. The number of hydrogen-bond acceptors (Lipinski definition) is 3. The van der Waals surface area contributed by atoms with Crippen molar-refractivity contribution in [1.82, 2.24) is 0 Å². The zero-order valence-corrected chi connectivity index (χ0v) is 13.9. The highest BCUT2D eigenvalue weighted by molar-refractivity contribution is 5.74. The second-order valence-corrected chi connectivity index (χ2v) is 6.05. The molecule has 3 N–H and O–H groups in total. The van der Waals surface area contributed by atoms with Crippen molar-refractivity contribution < 1.29 is 15.3 Å². The van der Waals surface area contributed by atoms with Crippen LogP contribution in [-0.4, -0.2) is 34.6 Å². The second-order valence-electron chi connectivity index (χ2n) is 6.05. The van der Waals surface area contributed by atoms with Gasteiger partial charge in [-0.2, -0.15) is 0 Å².